The molecule has 0 heterocycles. The Balaban J connectivity index is 2.61. The van der Waals surface area contributed by atoms with Crippen molar-refractivity contribution in [3.8, 4) is 0 Å². The Morgan fingerprint density at radius 2 is 1.68 bits per heavy atom. The van der Waals surface area contributed by atoms with Gasteiger partial charge in [0.1, 0.15) is 5.71 Å². The fraction of sp³-hybridized carbons (Fsp3) is 0.118. The Morgan fingerprint density at radius 1 is 1.08 bits per heavy atom. The molecule has 0 spiro atoms. The van der Waals surface area contributed by atoms with Crippen molar-refractivity contribution in [3.63, 3.8) is 0 Å². The maximum atomic E-state index is 13.5. The number of halogens is 6. The molecule has 2 nitrogen and oxygen atoms in total. The first-order valence-corrected chi connectivity index (χ1v) is 8.40. The zero-order chi connectivity index (χ0) is 18.8. The molecule has 0 fully saturated rings. The number of allylic oxidation sites excluding steroid dienone is 2. The molecule has 2 aromatic rings. The summed E-state index contributed by atoms with van der Waals surface area (Å²) in [6.45, 7) is 1.77. The highest BCUT2D eigenvalue weighted by Gasteiger charge is 2.35. The number of rotatable bonds is 3. The summed E-state index contributed by atoms with van der Waals surface area (Å²) in [5.41, 5.74) is -0.367. The zero-order valence-corrected chi connectivity index (χ0v) is 15.8. The number of aryl methyl sites for hydroxylation is 1. The van der Waals surface area contributed by atoms with Crippen molar-refractivity contribution in [1.82, 2.24) is 0 Å². The molecule has 0 saturated heterocycles. The number of oxime groups is 1. The second kappa shape index (κ2) is 7.81. The number of benzene rings is 2. The molecule has 0 aliphatic carbocycles. The van der Waals surface area contributed by atoms with Gasteiger partial charge in [0.25, 0.3) is 0 Å². The van der Waals surface area contributed by atoms with E-state index in [2.05, 4.69) is 21.1 Å². The van der Waals surface area contributed by atoms with Crippen molar-refractivity contribution in [2.24, 2.45) is 5.16 Å². The summed E-state index contributed by atoms with van der Waals surface area (Å²) >= 11 is 14.9. The average Bonchev–Trinajstić information content (AvgIpc) is 2.49. The summed E-state index contributed by atoms with van der Waals surface area (Å²) in [6, 6.07) is 8.44. The largest absolute Gasteiger partial charge is 0.417 e. The second-order valence-corrected chi connectivity index (χ2v) is 6.89. The van der Waals surface area contributed by atoms with Gasteiger partial charge < -0.3 is 5.21 Å². The Kier molecular flexibility index (Phi) is 6.19. The van der Waals surface area contributed by atoms with E-state index < -0.39 is 11.7 Å². The maximum Gasteiger partial charge on any atom is 0.417 e. The minimum Gasteiger partial charge on any atom is -0.410 e. The van der Waals surface area contributed by atoms with Crippen molar-refractivity contribution in [2.45, 2.75) is 13.1 Å². The Morgan fingerprint density at radius 3 is 2.16 bits per heavy atom. The van der Waals surface area contributed by atoms with Crippen LogP contribution in [0.3, 0.4) is 0 Å². The standard InChI is InChI=1S/C17H11BrCl2F3NO/c1-9-4-10(2-3-15(9)18)16(24-25)8-14(17(21,22)23)11-5-12(19)7-13(20)6-11/h2-8,25H,1H3/b14-8+,24-16-. The molecule has 0 radical (unpaired) electrons. The first kappa shape index (κ1) is 19.8. The van der Waals surface area contributed by atoms with Crippen LogP contribution in [0.25, 0.3) is 5.57 Å². The van der Waals surface area contributed by atoms with Gasteiger partial charge in [-0.15, -0.1) is 0 Å². The summed E-state index contributed by atoms with van der Waals surface area (Å²) in [6.07, 6.45) is -3.95. The summed E-state index contributed by atoms with van der Waals surface area (Å²) < 4.78 is 41.4. The first-order valence-electron chi connectivity index (χ1n) is 6.85. The smallest absolute Gasteiger partial charge is 0.410 e. The first-order chi connectivity index (χ1) is 11.6. The summed E-state index contributed by atoms with van der Waals surface area (Å²) in [4.78, 5) is 0. The normalized spacial score (nSPS) is 13.2. The Hall–Kier alpha value is -1.50. The van der Waals surface area contributed by atoms with Gasteiger partial charge in [-0.1, -0.05) is 50.4 Å². The molecule has 0 aliphatic rings. The lowest BCUT2D eigenvalue weighted by molar-refractivity contribution is -0.0688. The molecule has 25 heavy (non-hydrogen) atoms. The fourth-order valence-electron chi connectivity index (χ4n) is 2.15. The van der Waals surface area contributed by atoms with Crippen molar-refractivity contribution in [3.05, 3.63) is 73.7 Å². The van der Waals surface area contributed by atoms with E-state index in [9.17, 15) is 18.4 Å². The van der Waals surface area contributed by atoms with Crippen LogP contribution in [0, 0.1) is 6.92 Å². The van der Waals surface area contributed by atoms with Gasteiger partial charge in [0, 0.05) is 20.1 Å². The molecular formula is C17H11BrCl2F3NO. The van der Waals surface area contributed by atoms with E-state index in [4.69, 9.17) is 23.2 Å². The summed E-state index contributed by atoms with van der Waals surface area (Å²) in [7, 11) is 0. The van der Waals surface area contributed by atoms with E-state index in [1.807, 2.05) is 0 Å². The molecule has 0 aliphatic heterocycles. The predicted molar refractivity (Wildman–Crippen MR) is 97.7 cm³/mol. The number of hydrogen-bond acceptors (Lipinski definition) is 2. The van der Waals surface area contributed by atoms with Crippen molar-refractivity contribution in [2.75, 3.05) is 0 Å². The highest BCUT2D eigenvalue weighted by atomic mass is 79.9. The summed E-state index contributed by atoms with van der Waals surface area (Å²) in [5, 5.41) is 12.4. The number of nitrogens with zero attached hydrogens (tertiary/aromatic N) is 1. The van der Waals surface area contributed by atoms with E-state index in [1.165, 1.54) is 6.07 Å². The third kappa shape index (κ3) is 5.00. The highest BCUT2D eigenvalue weighted by molar-refractivity contribution is 9.10. The molecule has 0 unspecified atom stereocenters. The monoisotopic (exact) mass is 451 g/mol. The van der Waals surface area contributed by atoms with Crippen LogP contribution < -0.4 is 0 Å². The lowest BCUT2D eigenvalue weighted by Crippen LogP contribution is -2.13. The van der Waals surface area contributed by atoms with Crippen LogP contribution in [0.2, 0.25) is 10.0 Å². The molecular weight excluding hydrogens is 442 g/mol. The Labute approximate surface area is 160 Å². The van der Waals surface area contributed by atoms with Crippen LogP contribution in [-0.4, -0.2) is 17.1 Å². The minimum atomic E-state index is -4.70. The molecule has 8 heteroatoms. The third-order valence-electron chi connectivity index (χ3n) is 3.32. The molecule has 132 valence electrons. The Bertz CT molecular complexity index is 843. The van der Waals surface area contributed by atoms with Gasteiger partial charge in [-0.2, -0.15) is 13.2 Å². The van der Waals surface area contributed by atoms with E-state index in [0.29, 0.717) is 5.56 Å². The van der Waals surface area contributed by atoms with Crippen LogP contribution in [-0.2, 0) is 0 Å². The van der Waals surface area contributed by atoms with Gasteiger partial charge in [-0.3, -0.25) is 0 Å². The van der Waals surface area contributed by atoms with Crippen LogP contribution in [0.15, 0.2) is 52.1 Å². The third-order valence-corrected chi connectivity index (χ3v) is 4.65. The molecule has 0 aromatic heterocycles. The van der Waals surface area contributed by atoms with Gasteiger partial charge in [-0.05, 0) is 54.5 Å². The summed E-state index contributed by atoms with van der Waals surface area (Å²) in [5.74, 6) is 0. The van der Waals surface area contributed by atoms with Gasteiger partial charge in [0.15, 0.2) is 0 Å². The molecule has 0 amide bonds. The molecule has 1 N–H and O–H groups in total. The highest BCUT2D eigenvalue weighted by Crippen LogP contribution is 2.36. The van der Waals surface area contributed by atoms with E-state index in [1.54, 1.807) is 25.1 Å². The minimum absolute atomic E-state index is 0.0691. The van der Waals surface area contributed by atoms with Crippen LogP contribution in [0.1, 0.15) is 16.7 Å². The van der Waals surface area contributed by atoms with Crippen LogP contribution in [0.4, 0.5) is 13.2 Å². The predicted octanol–water partition coefficient (Wildman–Crippen LogP) is 6.89. The van der Waals surface area contributed by atoms with Crippen molar-refractivity contribution >= 4 is 50.4 Å². The van der Waals surface area contributed by atoms with Gasteiger partial charge >= 0.3 is 6.18 Å². The molecule has 0 atom stereocenters. The zero-order valence-electron chi connectivity index (χ0n) is 12.7. The molecule has 2 aromatic carbocycles. The number of hydrogen-bond donors (Lipinski definition) is 1. The SMILES string of the molecule is Cc1cc(C(/C=C(\c2cc(Cl)cc(Cl)c2)C(F)(F)F)=N\O)ccc1Br. The van der Waals surface area contributed by atoms with Gasteiger partial charge in [0.05, 0.1) is 5.57 Å². The molecule has 0 bridgehead atoms. The second-order valence-electron chi connectivity index (χ2n) is 5.16. The van der Waals surface area contributed by atoms with E-state index in [0.717, 1.165) is 28.2 Å². The number of alkyl halides is 3. The molecule has 0 saturated carbocycles. The molecule has 2 rings (SSSR count). The van der Waals surface area contributed by atoms with Gasteiger partial charge in [-0.25, -0.2) is 0 Å². The fourth-order valence-corrected chi connectivity index (χ4v) is 2.92. The average molecular weight is 453 g/mol. The van der Waals surface area contributed by atoms with E-state index >= 15 is 0 Å². The van der Waals surface area contributed by atoms with Crippen LogP contribution >= 0.6 is 39.1 Å². The lowest BCUT2D eigenvalue weighted by atomic mass is 10.00. The topological polar surface area (TPSA) is 32.6 Å². The van der Waals surface area contributed by atoms with Crippen molar-refractivity contribution in [1.29, 1.82) is 0 Å². The quantitative estimate of drug-likeness (QED) is 0.307. The maximum absolute atomic E-state index is 13.5. The lowest BCUT2D eigenvalue weighted by Gasteiger charge is -2.14. The van der Waals surface area contributed by atoms with Crippen molar-refractivity contribution < 1.29 is 18.4 Å². The van der Waals surface area contributed by atoms with Gasteiger partial charge in [0.2, 0.25) is 0 Å². The van der Waals surface area contributed by atoms with Crippen LogP contribution in [0.5, 0.6) is 0 Å². The van der Waals surface area contributed by atoms with E-state index in [-0.39, 0.29) is 21.3 Å².